The van der Waals surface area contributed by atoms with E-state index in [-0.39, 0.29) is 18.1 Å². The smallest absolute Gasteiger partial charge is 0.244 e. The van der Waals surface area contributed by atoms with Crippen molar-refractivity contribution in [2.45, 2.75) is 44.4 Å². The molecular formula is C14H20N2O2S. The Morgan fingerprint density at radius 3 is 3.05 bits per heavy atom. The van der Waals surface area contributed by atoms with Crippen LogP contribution in [0.4, 0.5) is 0 Å². The van der Waals surface area contributed by atoms with Crippen LogP contribution in [-0.2, 0) is 9.53 Å². The fourth-order valence-corrected chi connectivity index (χ4v) is 3.56. The van der Waals surface area contributed by atoms with Crippen molar-refractivity contribution in [3.63, 3.8) is 0 Å². The number of carbonyl (C=O) groups excluding carboxylic acids is 1. The molecular weight excluding hydrogens is 260 g/mol. The normalized spacial score (nSPS) is 35.3. The van der Waals surface area contributed by atoms with Gasteiger partial charge in [0.25, 0.3) is 0 Å². The Hall–Kier alpha value is -0.910. The molecule has 3 heterocycles. The predicted octanol–water partition coefficient (Wildman–Crippen LogP) is 2.14. The van der Waals surface area contributed by atoms with Gasteiger partial charge in [0.1, 0.15) is 6.17 Å². The number of nitrogens with zero attached hydrogens (tertiary/aromatic N) is 1. The lowest BCUT2D eigenvalue weighted by Gasteiger charge is -2.29. The molecule has 104 valence electrons. The van der Waals surface area contributed by atoms with Gasteiger partial charge in [-0.05, 0) is 42.2 Å². The topological polar surface area (TPSA) is 41.6 Å². The monoisotopic (exact) mass is 280 g/mol. The van der Waals surface area contributed by atoms with E-state index in [4.69, 9.17) is 4.74 Å². The first-order valence-corrected chi connectivity index (χ1v) is 7.80. The molecule has 2 aliphatic rings. The van der Waals surface area contributed by atoms with Gasteiger partial charge in [-0.25, -0.2) is 0 Å². The molecule has 4 nitrogen and oxygen atoms in total. The molecule has 1 aromatic rings. The molecule has 19 heavy (non-hydrogen) atoms. The zero-order chi connectivity index (χ0) is 13.5. The maximum absolute atomic E-state index is 12.8. The minimum absolute atomic E-state index is 0.00426. The second-order valence-corrected chi connectivity index (χ2v) is 6.30. The summed E-state index contributed by atoms with van der Waals surface area (Å²) in [6, 6.07) is 2.30. The van der Waals surface area contributed by atoms with Gasteiger partial charge < -0.3 is 9.64 Å². The summed E-state index contributed by atoms with van der Waals surface area (Å²) >= 11 is 1.67. The number of ether oxygens (including phenoxy) is 1. The van der Waals surface area contributed by atoms with E-state index in [0.717, 1.165) is 19.4 Å². The maximum atomic E-state index is 12.8. The maximum Gasteiger partial charge on any atom is 0.244 e. The summed E-state index contributed by atoms with van der Waals surface area (Å²) in [6.07, 6.45) is 1.74. The van der Waals surface area contributed by atoms with Gasteiger partial charge >= 0.3 is 0 Å². The van der Waals surface area contributed by atoms with Crippen molar-refractivity contribution in [3.8, 4) is 0 Å². The van der Waals surface area contributed by atoms with Gasteiger partial charge in [-0.1, -0.05) is 6.92 Å². The lowest BCUT2D eigenvalue weighted by molar-refractivity contribution is -0.135. The summed E-state index contributed by atoms with van der Waals surface area (Å²) in [6.45, 7) is 5.48. The number of thiophene rings is 1. The molecule has 3 atom stereocenters. The van der Waals surface area contributed by atoms with E-state index < -0.39 is 5.54 Å². The second kappa shape index (κ2) is 4.89. The average Bonchev–Trinajstić information content (AvgIpc) is 3.12. The van der Waals surface area contributed by atoms with E-state index in [0.29, 0.717) is 6.61 Å². The second-order valence-electron chi connectivity index (χ2n) is 5.52. The Bertz CT molecular complexity index is 456. The molecule has 0 aliphatic carbocycles. The van der Waals surface area contributed by atoms with Crippen molar-refractivity contribution in [2.24, 2.45) is 0 Å². The number of nitrogens with one attached hydrogen (secondary N) is 1. The first kappa shape index (κ1) is 13.1. The molecule has 1 amide bonds. The van der Waals surface area contributed by atoms with Crippen molar-refractivity contribution in [2.75, 3.05) is 13.2 Å². The van der Waals surface area contributed by atoms with Crippen LogP contribution in [0.15, 0.2) is 16.8 Å². The van der Waals surface area contributed by atoms with Gasteiger partial charge in [0.05, 0.1) is 18.2 Å². The molecule has 0 saturated carbocycles. The fourth-order valence-electron chi connectivity index (χ4n) is 2.88. The van der Waals surface area contributed by atoms with Gasteiger partial charge in [0.15, 0.2) is 0 Å². The van der Waals surface area contributed by atoms with E-state index >= 15 is 0 Å². The Labute approximate surface area is 117 Å². The molecule has 1 aromatic heterocycles. The van der Waals surface area contributed by atoms with Crippen molar-refractivity contribution < 1.29 is 9.53 Å². The van der Waals surface area contributed by atoms with Crippen LogP contribution in [-0.4, -0.2) is 35.6 Å². The number of hydrogen-bond acceptors (Lipinski definition) is 4. The standard InChI is InChI=1S/C14H20N2O2S/c1-3-14(2)13(17)16(11-4-6-18-8-11)12(15-14)10-5-7-19-9-10/h5,7,9,11-12,15H,3-4,6,8H2,1-2H3. The van der Waals surface area contributed by atoms with Crippen LogP contribution in [0.2, 0.25) is 0 Å². The highest BCUT2D eigenvalue weighted by atomic mass is 32.1. The van der Waals surface area contributed by atoms with Crippen LogP contribution < -0.4 is 5.32 Å². The third-order valence-electron chi connectivity index (χ3n) is 4.31. The average molecular weight is 280 g/mol. The molecule has 3 rings (SSSR count). The molecule has 1 N–H and O–H groups in total. The van der Waals surface area contributed by atoms with Crippen LogP contribution in [0.1, 0.15) is 38.4 Å². The summed E-state index contributed by atoms with van der Waals surface area (Å²) in [5, 5.41) is 7.71. The Kier molecular flexibility index (Phi) is 3.37. The largest absolute Gasteiger partial charge is 0.379 e. The highest BCUT2D eigenvalue weighted by Gasteiger charge is 2.50. The molecule has 3 unspecified atom stereocenters. The van der Waals surface area contributed by atoms with Gasteiger partial charge in [-0.3, -0.25) is 10.1 Å². The zero-order valence-electron chi connectivity index (χ0n) is 11.4. The first-order valence-electron chi connectivity index (χ1n) is 6.86. The Morgan fingerprint density at radius 2 is 2.47 bits per heavy atom. The molecule has 0 radical (unpaired) electrons. The van der Waals surface area contributed by atoms with Crippen LogP contribution >= 0.6 is 11.3 Å². The number of amides is 1. The van der Waals surface area contributed by atoms with E-state index in [1.165, 1.54) is 5.56 Å². The summed E-state index contributed by atoms with van der Waals surface area (Å²) in [7, 11) is 0. The van der Waals surface area contributed by atoms with Crippen molar-refractivity contribution in [3.05, 3.63) is 22.4 Å². The summed E-state index contributed by atoms with van der Waals surface area (Å²) in [5.41, 5.74) is 0.734. The van der Waals surface area contributed by atoms with Gasteiger partial charge in [0, 0.05) is 6.61 Å². The number of rotatable bonds is 3. The first-order chi connectivity index (χ1) is 9.15. The fraction of sp³-hybridized carbons (Fsp3) is 0.643. The minimum Gasteiger partial charge on any atom is -0.379 e. The SMILES string of the molecule is CCC1(C)NC(c2ccsc2)N(C2CCOC2)C1=O. The molecule has 2 aliphatic heterocycles. The predicted molar refractivity (Wildman–Crippen MR) is 75.0 cm³/mol. The summed E-state index contributed by atoms with van der Waals surface area (Å²) < 4.78 is 5.47. The highest BCUT2D eigenvalue weighted by Crippen LogP contribution is 2.36. The molecule has 0 bridgehead atoms. The molecule has 5 heteroatoms. The van der Waals surface area contributed by atoms with Gasteiger partial charge in [-0.15, -0.1) is 0 Å². The third-order valence-corrected chi connectivity index (χ3v) is 5.01. The molecule has 2 fully saturated rings. The van der Waals surface area contributed by atoms with E-state index in [2.05, 4.69) is 29.1 Å². The molecule has 0 aromatic carbocycles. The zero-order valence-corrected chi connectivity index (χ0v) is 12.2. The lowest BCUT2D eigenvalue weighted by atomic mass is 9.99. The van der Waals surface area contributed by atoms with Crippen LogP contribution in [0.5, 0.6) is 0 Å². The number of hydrogen-bond donors (Lipinski definition) is 1. The van der Waals surface area contributed by atoms with Crippen molar-refractivity contribution >= 4 is 17.2 Å². The van der Waals surface area contributed by atoms with Gasteiger partial charge in [0.2, 0.25) is 5.91 Å². The minimum atomic E-state index is -0.449. The van der Waals surface area contributed by atoms with Crippen molar-refractivity contribution in [1.82, 2.24) is 10.2 Å². The summed E-state index contributed by atoms with van der Waals surface area (Å²) in [5.74, 6) is 0.210. The summed E-state index contributed by atoms with van der Waals surface area (Å²) in [4.78, 5) is 14.8. The third kappa shape index (κ3) is 2.10. The van der Waals surface area contributed by atoms with Crippen LogP contribution in [0.3, 0.4) is 0 Å². The Balaban J connectivity index is 1.94. The number of carbonyl (C=O) groups is 1. The lowest BCUT2D eigenvalue weighted by Crippen LogP contribution is -2.45. The van der Waals surface area contributed by atoms with E-state index in [9.17, 15) is 4.79 Å². The molecule has 2 saturated heterocycles. The van der Waals surface area contributed by atoms with Crippen LogP contribution in [0, 0.1) is 0 Å². The highest BCUT2D eigenvalue weighted by molar-refractivity contribution is 7.07. The quantitative estimate of drug-likeness (QED) is 0.922. The molecule has 0 spiro atoms. The van der Waals surface area contributed by atoms with E-state index in [1.807, 2.05) is 11.8 Å². The van der Waals surface area contributed by atoms with Crippen molar-refractivity contribution in [1.29, 1.82) is 0 Å². The van der Waals surface area contributed by atoms with Gasteiger partial charge in [-0.2, -0.15) is 11.3 Å². The van der Waals surface area contributed by atoms with Crippen LogP contribution in [0.25, 0.3) is 0 Å². The van der Waals surface area contributed by atoms with E-state index in [1.54, 1.807) is 11.3 Å². The Morgan fingerprint density at radius 1 is 1.63 bits per heavy atom.